The average molecular weight is 396 g/mol. The van der Waals surface area contributed by atoms with E-state index in [0.29, 0.717) is 6.54 Å². The Morgan fingerprint density at radius 2 is 2.09 bits per heavy atom. The molecule has 0 spiro atoms. The molecule has 0 fully saturated rings. The summed E-state index contributed by atoms with van der Waals surface area (Å²) in [6.07, 6.45) is 0. The molecule has 2 rings (SSSR count). The van der Waals surface area contributed by atoms with Crippen LogP contribution in [0, 0.1) is 13.0 Å². The fourth-order valence-corrected chi connectivity index (χ4v) is 2.30. The molecule has 4 nitrogen and oxygen atoms in total. The van der Waals surface area contributed by atoms with Crippen molar-refractivity contribution < 1.29 is 42.2 Å². The molecule has 0 unspecified atom stereocenters. The van der Waals surface area contributed by atoms with Gasteiger partial charge in [0.25, 0.3) is 0 Å². The molecule has 22 heavy (non-hydrogen) atoms. The van der Waals surface area contributed by atoms with Gasteiger partial charge in [0, 0.05) is 51.4 Å². The van der Waals surface area contributed by atoms with Crippen molar-refractivity contribution in [2.45, 2.75) is 20.4 Å². The van der Waals surface area contributed by atoms with Crippen LogP contribution in [0.25, 0.3) is 11.3 Å². The second-order valence-corrected chi connectivity index (χ2v) is 4.97. The standard InChI is InChI=1S/C16H17ClNO3.Y/c1-4-18-15(8-7-14(17)16(18)19)13-6-5-12(9-11(13)2)21-10-20-3;/h5-7,9H,4,10H2,1-3H3;/q-1;. The van der Waals surface area contributed by atoms with Crippen LogP contribution in [0.1, 0.15) is 12.5 Å². The van der Waals surface area contributed by atoms with Crippen molar-refractivity contribution in [2.75, 3.05) is 13.9 Å². The molecule has 0 saturated carbocycles. The minimum Gasteiger partial charge on any atom is -0.468 e. The van der Waals surface area contributed by atoms with Crippen molar-refractivity contribution in [3.63, 3.8) is 0 Å². The molecular formula is C16H17ClNO3Y-. The van der Waals surface area contributed by atoms with Gasteiger partial charge in [-0.3, -0.25) is 4.79 Å². The molecule has 0 amide bonds. The van der Waals surface area contributed by atoms with Crippen LogP contribution in [0.3, 0.4) is 0 Å². The van der Waals surface area contributed by atoms with Crippen LogP contribution in [0.4, 0.5) is 0 Å². The number of aromatic nitrogens is 1. The normalized spacial score (nSPS) is 10.2. The van der Waals surface area contributed by atoms with Crippen molar-refractivity contribution in [3.8, 4) is 17.0 Å². The number of methoxy groups -OCH3 is 1. The zero-order valence-electron chi connectivity index (χ0n) is 12.9. The van der Waals surface area contributed by atoms with Crippen molar-refractivity contribution in [1.29, 1.82) is 0 Å². The van der Waals surface area contributed by atoms with Gasteiger partial charge in [-0.25, -0.2) is 0 Å². The Bertz CT molecular complexity index is 700. The number of pyridine rings is 1. The Hall–Kier alpha value is -0.676. The Kier molecular flexibility index (Phi) is 7.77. The van der Waals surface area contributed by atoms with Crippen molar-refractivity contribution >= 4 is 11.6 Å². The van der Waals surface area contributed by atoms with Crippen molar-refractivity contribution in [1.82, 2.24) is 4.57 Å². The summed E-state index contributed by atoms with van der Waals surface area (Å²) in [5.74, 6) is 0.720. The van der Waals surface area contributed by atoms with E-state index in [-0.39, 0.29) is 50.1 Å². The van der Waals surface area contributed by atoms with Gasteiger partial charge >= 0.3 is 0 Å². The van der Waals surface area contributed by atoms with Crippen molar-refractivity contribution in [3.05, 3.63) is 51.3 Å². The topological polar surface area (TPSA) is 40.5 Å². The van der Waals surface area contributed by atoms with E-state index < -0.39 is 0 Å². The molecule has 0 atom stereocenters. The van der Waals surface area contributed by atoms with Crippen LogP contribution in [0.15, 0.2) is 29.1 Å². The number of nitrogens with zero attached hydrogens (tertiary/aromatic N) is 1. The number of aryl methyl sites for hydroxylation is 1. The molecule has 1 aromatic heterocycles. The van der Waals surface area contributed by atoms with Crippen LogP contribution in [0.2, 0.25) is 5.02 Å². The number of ether oxygens (including phenoxy) is 2. The van der Waals surface area contributed by atoms with E-state index in [9.17, 15) is 4.79 Å². The van der Waals surface area contributed by atoms with E-state index in [2.05, 4.69) is 6.07 Å². The third-order valence-electron chi connectivity index (χ3n) is 3.17. The number of hydrogen-bond acceptors (Lipinski definition) is 3. The molecule has 2 aromatic rings. The summed E-state index contributed by atoms with van der Waals surface area (Å²) in [6, 6.07) is 10.3. The van der Waals surface area contributed by atoms with E-state index in [4.69, 9.17) is 21.1 Å². The Labute approximate surface area is 160 Å². The first-order chi connectivity index (χ1) is 10.1. The van der Waals surface area contributed by atoms with Crippen LogP contribution >= 0.6 is 11.6 Å². The van der Waals surface area contributed by atoms with Crippen LogP contribution in [0.5, 0.6) is 5.75 Å². The first-order valence-corrected chi connectivity index (χ1v) is 7.00. The molecule has 1 heterocycles. The van der Waals surface area contributed by atoms with Gasteiger partial charge in [-0.15, -0.1) is 6.07 Å². The molecule has 0 aliphatic heterocycles. The van der Waals surface area contributed by atoms with Gasteiger partial charge in [0.15, 0.2) is 6.79 Å². The third-order valence-corrected chi connectivity index (χ3v) is 3.44. The molecule has 0 aliphatic rings. The van der Waals surface area contributed by atoms with E-state index in [1.54, 1.807) is 11.7 Å². The van der Waals surface area contributed by atoms with E-state index in [0.717, 1.165) is 22.6 Å². The molecule has 1 aromatic carbocycles. The summed E-state index contributed by atoms with van der Waals surface area (Å²) in [6.45, 7) is 4.60. The third kappa shape index (κ3) is 4.20. The average Bonchev–Trinajstić information content (AvgIpc) is 2.48. The second-order valence-electron chi connectivity index (χ2n) is 4.56. The molecule has 6 heteroatoms. The fourth-order valence-electron chi connectivity index (χ4n) is 2.15. The zero-order chi connectivity index (χ0) is 15.4. The number of hydrogen-bond donors (Lipinski definition) is 0. The molecule has 0 N–H and O–H groups in total. The first kappa shape index (κ1) is 19.4. The summed E-state index contributed by atoms with van der Waals surface area (Å²) < 4.78 is 11.9. The predicted molar refractivity (Wildman–Crippen MR) is 82.9 cm³/mol. The molecule has 0 bridgehead atoms. The van der Waals surface area contributed by atoms with Gasteiger partial charge in [0.1, 0.15) is 5.75 Å². The van der Waals surface area contributed by atoms with E-state index in [1.807, 2.05) is 32.0 Å². The van der Waals surface area contributed by atoms with E-state index in [1.165, 1.54) is 6.07 Å². The van der Waals surface area contributed by atoms with Gasteiger partial charge in [-0.2, -0.15) is 23.7 Å². The summed E-state index contributed by atoms with van der Waals surface area (Å²) >= 11 is 5.88. The molecule has 115 valence electrons. The number of benzene rings is 1. The number of halogens is 1. The van der Waals surface area contributed by atoms with Gasteiger partial charge in [0.2, 0.25) is 5.56 Å². The SMILES string of the molecule is CCn1c(-c2ccc(OCOC)cc2C)[c-]cc(Cl)c1=O.[Y]. The van der Waals surface area contributed by atoms with Gasteiger partial charge < -0.3 is 14.0 Å². The van der Waals surface area contributed by atoms with Gasteiger partial charge in [-0.1, -0.05) is 23.7 Å². The minimum atomic E-state index is -0.202. The predicted octanol–water partition coefficient (Wildman–Crippen LogP) is 3.28. The molecular weight excluding hydrogens is 379 g/mol. The van der Waals surface area contributed by atoms with E-state index >= 15 is 0 Å². The first-order valence-electron chi connectivity index (χ1n) is 6.62. The smallest absolute Gasteiger partial charge is 0.212 e. The second kappa shape index (κ2) is 8.83. The number of rotatable bonds is 5. The fraction of sp³-hybridized carbons (Fsp3) is 0.312. The van der Waals surface area contributed by atoms with Crippen LogP contribution in [-0.2, 0) is 44.0 Å². The Morgan fingerprint density at radius 3 is 2.68 bits per heavy atom. The minimum absolute atomic E-state index is 0. The quantitative estimate of drug-likeness (QED) is 0.576. The Morgan fingerprint density at radius 1 is 1.36 bits per heavy atom. The monoisotopic (exact) mass is 395 g/mol. The largest absolute Gasteiger partial charge is 0.468 e. The van der Waals surface area contributed by atoms with Gasteiger partial charge in [0.05, 0.1) is 0 Å². The summed E-state index contributed by atoms with van der Waals surface area (Å²) in [4.78, 5) is 12.1. The molecule has 0 aliphatic carbocycles. The zero-order valence-corrected chi connectivity index (χ0v) is 16.4. The van der Waals surface area contributed by atoms with Crippen LogP contribution < -0.4 is 10.3 Å². The van der Waals surface area contributed by atoms with Crippen molar-refractivity contribution in [2.24, 2.45) is 0 Å². The summed E-state index contributed by atoms with van der Waals surface area (Å²) in [5, 5.41) is 0.179. The maximum atomic E-state index is 12.1. The molecule has 0 saturated heterocycles. The summed E-state index contributed by atoms with van der Waals surface area (Å²) in [7, 11) is 1.57. The molecule has 1 radical (unpaired) electrons. The Balaban J connectivity index is 0.00000242. The maximum absolute atomic E-state index is 12.1. The summed E-state index contributed by atoms with van der Waals surface area (Å²) in [5.41, 5.74) is 2.44. The van der Waals surface area contributed by atoms with Crippen LogP contribution in [-0.4, -0.2) is 18.5 Å². The maximum Gasteiger partial charge on any atom is 0.212 e. The van der Waals surface area contributed by atoms with Gasteiger partial charge in [-0.05, 0) is 19.1 Å².